The number of hydrogen-bond acceptors (Lipinski definition) is 5. The van der Waals surface area contributed by atoms with Gasteiger partial charge in [-0.15, -0.1) is 24.0 Å². The van der Waals surface area contributed by atoms with E-state index in [1.807, 2.05) is 6.08 Å². The second-order valence-corrected chi connectivity index (χ2v) is 28.9. The molecule has 8 unspecified atom stereocenters. The van der Waals surface area contributed by atoms with Crippen LogP contribution in [0.25, 0.3) is 0 Å². The molecule has 0 aromatic heterocycles. The van der Waals surface area contributed by atoms with Gasteiger partial charge in [-0.05, 0) is 124 Å². The molecule has 9 aliphatic rings. The van der Waals surface area contributed by atoms with Gasteiger partial charge in [0.25, 0.3) is 0 Å². The van der Waals surface area contributed by atoms with Crippen molar-refractivity contribution in [2.24, 2.45) is 58.2 Å². The number of ketones is 3. The minimum absolute atomic E-state index is 0. The Morgan fingerprint density at radius 3 is 1.88 bits per heavy atom. The zero-order valence-corrected chi connectivity index (χ0v) is 38.6. The molecular weight excluding hydrogens is 1020 g/mol. The van der Waals surface area contributed by atoms with Crippen LogP contribution in [0.1, 0.15) is 117 Å². The summed E-state index contributed by atoms with van der Waals surface area (Å²) in [5, 5.41) is 0. The van der Waals surface area contributed by atoms with Crippen LogP contribution >= 0.6 is 63.9 Å². The zero-order valence-electron chi connectivity index (χ0n) is 30.6. The zero-order chi connectivity index (χ0) is 35.4. The third-order valence-corrected chi connectivity index (χ3v) is 15.6. The van der Waals surface area contributed by atoms with Crippen LogP contribution in [-0.4, -0.2) is 36.4 Å². The summed E-state index contributed by atoms with van der Waals surface area (Å²) in [6.07, 6.45) is 20.1. The van der Waals surface area contributed by atoms with E-state index in [-0.39, 0.29) is 40.6 Å². The molecule has 281 valence electrons. The van der Waals surface area contributed by atoms with E-state index in [0.717, 1.165) is 110 Å². The van der Waals surface area contributed by atoms with Gasteiger partial charge in [0, 0.05) is 42.9 Å². The van der Waals surface area contributed by atoms with Crippen molar-refractivity contribution in [3.63, 3.8) is 0 Å². The fraction of sp³-hybridized carbons (Fsp3) is 0.738. The number of allylic oxidation sites excluding steroid dienone is 4. The van der Waals surface area contributed by atoms with E-state index < -0.39 is 0 Å². The Morgan fingerprint density at radius 2 is 1.29 bits per heavy atom. The van der Waals surface area contributed by atoms with E-state index in [9.17, 15) is 14.4 Å². The molecular formula is C42H57I3O5V. The predicted octanol–water partition coefficient (Wildman–Crippen LogP) is 11.1. The molecule has 5 nitrogen and oxygen atoms in total. The number of ether oxygens (including phenoxy) is 2. The Kier molecular flexibility index (Phi) is 13.5. The van der Waals surface area contributed by atoms with E-state index in [2.05, 4.69) is 73.0 Å². The Labute approximate surface area is 352 Å². The average molecular weight is 1070 g/mol. The number of carbonyl (C=O) groups excluding carboxylic acids is 3. The summed E-state index contributed by atoms with van der Waals surface area (Å²) in [7, 11) is 0.628. The molecule has 0 aromatic rings. The average Bonchev–Trinajstić information content (AvgIpc) is 3.80. The van der Waals surface area contributed by atoms with Crippen LogP contribution in [0.5, 0.6) is 0 Å². The van der Waals surface area contributed by atoms with Gasteiger partial charge in [0.2, 0.25) is 0 Å². The Bertz CT molecular complexity index is 1480. The van der Waals surface area contributed by atoms with E-state index in [0.29, 0.717) is 80.6 Å². The van der Waals surface area contributed by atoms with E-state index in [4.69, 9.17) is 9.47 Å². The van der Waals surface area contributed by atoms with Gasteiger partial charge in [-0.3, -0.25) is 14.4 Å². The van der Waals surface area contributed by atoms with Gasteiger partial charge < -0.3 is 9.47 Å². The van der Waals surface area contributed by atoms with Gasteiger partial charge in [0.1, 0.15) is 11.6 Å². The second kappa shape index (κ2) is 16.6. The molecule has 1 spiro atoms. The number of halogens is 3. The number of Topliss-reactive ketones (excluding diaryl/α,β-unsaturated/α-hetero) is 2. The first-order valence-corrected chi connectivity index (χ1v) is 28.6. The molecule has 9 rings (SSSR count). The number of carbonyl (C=O) groups is 3. The molecule has 1 aliphatic heterocycles. The maximum absolute atomic E-state index is 12.7. The third-order valence-electron chi connectivity index (χ3n) is 15.6. The fourth-order valence-electron chi connectivity index (χ4n) is 13.5. The van der Waals surface area contributed by atoms with Crippen molar-refractivity contribution in [3.05, 3.63) is 47.6 Å². The van der Waals surface area contributed by atoms with Crippen LogP contribution in [-0.2, 0) is 33.3 Å². The first-order valence-electron chi connectivity index (χ1n) is 19.6. The van der Waals surface area contributed by atoms with E-state index >= 15 is 0 Å². The number of fused-ring (bicyclic) bond motifs is 10. The maximum atomic E-state index is 12.7. The molecule has 51 heavy (non-hydrogen) atoms. The van der Waals surface area contributed by atoms with Gasteiger partial charge in [-0.2, -0.15) is 0 Å². The van der Waals surface area contributed by atoms with Crippen LogP contribution in [0.2, 0.25) is 0 Å². The number of hydrogen-bond donors (Lipinski definition) is 0. The summed E-state index contributed by atoms with van der Waals surface area (Å²) in [6, 6.07) is 0. The molecule has 0 radical (unpaired) electrons. The van der Waals surface area contributed by atoms with Gasteiger partial charge >= 0.3 is 49.4 Å². The SMILES string of the molecule is C=C1C[C@]2(CC)C(=O)CCC2C2CC=C3CC4(CCC3C12)OCCO4.C=C1C[C@]2(CC)C(=O)CCC2C2CCC3=CC(=O)CCC3C12.I.[I][V][I]. The third kappa shape index (κ3) is 7.14. The predicted molar refractivity (Wildman–Crippen MR) is 226 cm³/mol. The monoisotopic (exact) mass is 1070 g/mol. The summed E-state index contributed by atoms with van der Waals surface area (Å²) in [5.74, 6) is 5.65. The quantitative estimate of drug-likeness (QED) is 0.204. The normalized spacial score (nSPS) is 41.5. The van der Waals surface area contributed by atoms with E-state index in [1.165, 1.54) is 16.7 Å². The van der Waals surface area contributed by atoms with Crippen LogP contribution in [0.3, 0.4) is 0 Å². The second-order valence-electron chi connectivity index (χ2n) is 17.1. The van der Waals surface area contributed by atoms with Crippen molar-refractivity contribution in [2.45, 2.75) is 122 Å². The molecule has 1 heterocycles. The molecule has 9 heteroatoms. The van der Waals surface area contributed by atoms with E-state index in [1.54, 1.807) is 5.57 Å². The fourth-order valence-corrected chi connectivity index (χ4v) is 13.5. The molecule has 1 saturated heterocycles. The van der Waals surface area contributed by atoms with Crippen molar-refractivity contribution in [1.82, 2.24) is 0 Å². The number of rotatable bonds is 2. The van der Waals surface area contributed by atoms with Crippen LogP contribution in [0, 0.1) is 58.2 Å². The molecule has 8 aliphatic carbocycles. The molecule has 0 N–H and O–H groups in total. The van der Waals surface area contributed by atoms with Crippen molar-refractivity contribution in [3.8, 4) is 0 Å². The van der Waals surface area contributed by atoms with Gasteiger partial charge in [0.15, 0.2) is 11.6 Å². The molecule has 7 fully saturated rings. The van der Waals surface area contributed by atoms with Gasteiger partial charge in [-0.1, -0.05) is 55.4 Å². The molecule has 6 saturated carbocycles. The van der Waals surface area contributed by atoms with Crippen molar-refractivity contribution in [2.75, 3.05) is 13.2 Å². The first kappa shape index (κ1) is 41.3. The van der Waals surface area contributed by atoms with Crippen molar-refractivity contribution < 1.29 is 33.3 Å². The van der Waals surface area contributed by atoms with Gasteiger partial charge in [-0.25, -0.2) is 0 Å². The van der Waals surface area contributed by atoms with Crippen molar-refractivity contribution >= 4 is 81.3 Å². The van der Waals surface area contributed by atoms with Crippen LogP contribution in [0.15, 0.2) is 47.6 Å². The molecule has 10 atom stereocenters. The molecule has 0 aromatic carbocycles. The Morgan fingerprint density at radius 1 is 0.745 bits per heavy atom. The molecule has 0 bridgehead atoms. The summed E-state index contributed by atoms with van der Waals surface area (Å²) in [5.41, 5.74) is 5.42. The minimum atomic E-state index is -0.332. The molecule has 0 amide bonds. The summed E-state index contributed by atoms with van der Waals surface area (Å²) >= 11 is 4.74. The van der Waals surface area contributed by atoms with Crippen molar-refractivity contribution in [1.29, 1.82) is 0 Å². The first-order chi connectivity index (χ1) is 24.1. The summed E-state index contributed by atoms with van der Waals surface area (Å²) in [4.78, 5) is 37.1. The standard InChI is InChI=1S/C22H30O3.C20H26O2.3HI.V/c1-3-21-12-14(2)20-16-8-9-22(24-10-11-25-22)13-15(16)4-5-17(20)18(21)6-7-19(21)23;1-3-20-11-12(2)19-15-7-5-14(21)10-13(15)4-6-16(19)17(20)8-9-18(20)22;;;;/h4,16-18,20H,2-3,5-13H2,1H3;10,15-17,19H,2-9,11H2,1H3;3*1H;/q;;;;;+2/p-2/t16?,17?,18?,20?,21-;15?,16?,17?,19?,20-;;;;/m00..../s1. The topological polar surface area (TPSA) is 69.7 Å². The Balaban J connectivity index is 0.000000162. The van der Waals surface area contributed by atoms with Gasteiger partial charge in [0.05, 0.1) is 13.2 Å². The van der Waals surface area contributed by atoms with Crippen LogP contribution in [0.4, 0.5) is 0 Å². The Hall–Kier alpha value is 0.664. The summed E-state index contributed by atoms with van der Waals surface area (Å²) in [6.45, 7) is 14.8. The summed E-state index contributed by atoms with van der Waals surface area (Å²) < 4.78 is 12.0. The van der Waals surface area contributed by atoms with Crippen LogP contribution < -0.4 is 0 Å².